The lowest BCUT2D eigenvalue weighted by atomic mass is 9.88. The Bertz CT molecular complexity index is 203. The predicted octanol–water partition coefficient (Wildman–Crippen LogP) is 2.21. The van der Waals surface area contributed by atoms with Gasteiger partial charge >= 0.3 is 0 Å². The average molecular weight is 211 g/mol. The maximum Gasteiger partial charge on any atom is 0.0963 e. The molecule has 0 spiro atoms. The summed E-state index contributed by atoms with van der Waals surface area (Å²) in [6.45, 7) is 7.68. The van der Waals surface area contributed by atoms with Crippen LogP contribution in [-0.4, -0.2) is 30.4 Å². The van der Waals surface area contributed by atoms with Crippen LogP contribution >= 0.6 is 0 Å². The lowest BCUT2D eigenvalue weighted by molar-refractivity contribution is 0.253. The zero-order valence-corrected chi connectivity index (χ0v) is 10.2. The standard InChI is InChI=1S/C12H25N3/c1-12(2,11(13)14)7-10-15-8-5-3-4-6-9-15/h3-10H2,1-2H3,(H3,13,14). The Balaban J connectivity index is 2.31. The summed E-state index contributed by atoms with van der Waals surface area (Å²) in [7, 11) is 0. The molecule has 0 aromatic rings. The van der Waals surface area contributed by atoms with Gasteiger partial charge in [0.1, 0.15) is 0 Å². The highest BCUT2D eigenvalue weighted by Gasteiger charge is 2.22. The van der Waals surface area contributed by atoms with E-state index < -0.39 is 0 Å². The summed E-state index contributed by atoms with van der Waals surface area (Å²) in [5, 5.41) is 7.52. The van der Waals surface area contributed by atoms with Crippen LogP contribution in [0.5, 0.6) is 0 Å². The molecule has 0 aromatic carbocycles. The molecular formula is C12H25N3. The fraction of sp³-hybridized carbons (Fsp3) is 0.917. The van der Waals surface area contributed by atoms with Gasteiger partial charge in [-0.05, 0) is 38.9 Å². The molecule has 15 heavy (non-hydrogen) atoms. The number of nitrogens with two attached hydrogens (primary N) is 1. The average Bonchev–Trinajstić information content (AvgIpc) is 2.42. The third-order valence-electron chi connectivity index (χ3n) is 3.48. The molecule has 0 unspecified atom stereocenters. The molecule has 0 bridgehead atoms. The Morgan fingerprint density at radius 2 is 1.73 bits per heavy atom. The van der Waals surface area contributed by atoms with Crippen molar-refractivity contribution in [2.45, 2.75) is 46.0 Å². The van der Waals surface area contributed by atoms with Crippen molar-refractivity contribution in [3.05, 3.63) is 0 Å². The fourth-order valence-corrected chi connectivity index (χ4v) is 1.93. The SMILES string of the molecule is CC(C)(CCN1CCCCCC1)C(=N)N. The Morgan fingerprint density at radius 3 is 2.20 bits per heavy atom. The Morgan fingerprint density at radius 1 is 1.20 bits per heavy atom. The smallest absolute Gasteiger partial charge is 0.0963 e. The zero-order chi connectivity index (χ0) is 11.3. The largest absolute Gasteiger partial charge is 0.387 e. The highest BCUT2D eigenvalue weighted by atomic mass is 15.1. The molecule has 3 heteroatoms. The van der Waals surface area contributed by atoms with E-state index in [2.05, 4.69) is 18.7 Å². The molecule has 1 aliphatic heterocycles. The molecule has 3 N–H and O–H groups in total. The topological polar surface area (TPSA) is 53.1 Å². The first kappa shape index (κ1) is 12.5. The summed E-state index contributed by atoms with van der Waals surface area (Å²) < 4.78 is 0. The van der Waals surface area contributed by atoms with Crippen molar-refractivity contribution in [1.29, 1.82) is 5.41 Å². The van der Waals surface area contributed by atoms with E-state index in [1.54, 1.807) is 0 Å². The summed E-state index contributed by atoms with van der Waals surface area (Å²) >= 11 is 0. The van der Waals surface area contributed by atoms with E-state index in [1.165, 1.54) is 38.8 Å². The minimum absolute atomic E-state index is 0.133. The van der Waals surface area contributed by atoms with Gasteiger partial charge in [-0.3, -0.25) is 5.41 Å². The van der Waals surface area contributed by atoms with Crippen molar-refractivity contribution in [1.82, 2.24) is 4.90 Å². The second-order valence-electron chi connectivity index (χ2n) is 5.30. The first-order valence-corrected chi connectivity index (χ1v) is 6.09. The molecule has 1 saturated heterocycles. The molecule has 3 nitrogen and oxygen atoms in total. The monoisotopic (exact) mass is 211 g/mol. The van der Waals surface area contributed by atoms with Gasteiger partial charge in [0.15, 0.2) is 0 Å². The molecule has 0 saturated carbocycles. The van der Waals surface area contributed by atoms with Crippen LogP contribution in [0.2, 0.25) is 0 Å². The van der Waals surface area contributed by atoms with Crippen LogP contribution in [0.4, 0.5) is 0 Å². The third-order valence-corrected chi connectivity index (χ3v) is 3.48. The van der Waals surface area contributed by atoms with Gasteiger partial charge in [-0.25, -0.2) is 0 Å². The van der Waals surface area contributed by atoms with Crippen LogP contribution in [-0.2, 0) is 0 Å². The molecule has 0 atom stereocenters. The maximum absolute atomic E-state index is 7.52. The van der Waals surface area contributed by atoms with E-state index in [1.807, 2.05) is 0 Å². The summed E-state index contributed by atoms with van der Waals surface area (Å²) in [6.07, 6.45) is 6.43. The fourth-order valence-electron chi connectivity index (χ4n) is 1.93. The minimum atomic E-state index is -0.133. The molecule has 1 aliphatic rings. The number of amidine groups is 1. The van der Waals surface area contributed by atoms with Crippen molar-refractivity contribution in [2.24, 2.45) is 11.1 Å². The van der Waals surface area contributed by atoms with Crippen LogP contribution in [0.25, 0.3) is 0 Å². The van der Waals surface area contributed by atoms with E-state index in [4.69, 9.17) is 11.1 Å². The van der Waals surface area contributed by atoms with E-state index in [9.17, 15) is 0 Å². The minimum Gasteiger partial charge on any atom is -0.387 e. The number of nitrogens with one attached hydrogen (secondary N) is 1. The summed E-state index contributed by atoms with van der Waals surface area (Å²) in [6, 6.07) is 0. The van der Waals surface area contributed by atoms with E-state index in [0.717, 1.165) is 13.0 Å². The second-order valence-corrected chi connectivity index (χ2v) is 5.30. The van der Waals surface area contributed by atoms with Gasteiger partial charge in [-0.15, -0.1) is 0 Å². The van der Waals surface area contributed by atoms with Gasteiger partial charge in [0.25, 0.3) is 0 Å². The molecule has 0 aromatic heterocycles. The highest BCUT2D eigenvalue weighted by molar-refractivity contribution is 5.82. The van der Waals surface area contributed by atoms with Gasteiger partial charge in [-0.1, -0.05) is 26.7 Å². The van der Waals surface area contributed by atoms with Crippen molar-refractivity contribution >= 4 is 5.84 Å². The molecule has 0 radical (unpaired) electrons. The lowest BCUT2D eigenvalue weighted by Gasteiger charge is -2.27. The maximum atomic E-state index is 7.52. The molecule has 0 amide bonds. The molecule has 1 fully saturated rings. The lowest BCUT2D eigenvalue weighted by Crippen LogP contribution is -2.36. The van der Waals surface area contributed by atoms with Gasteiger partial charge in [0, 0.05) is 5.41 Å². The highest BCUT2D eigenvalue weighted by Crippen LogP contribution is 2.21. The first-order valence-electron chi connectivity index (χ1n) is 6.09. The molecule has 88 valence electrons. The Kier molecular flexibility index (Phi) is 4.58. The zero-order valence-electron chi connectivity index (χ0n) is 10.2. The number of hydrogen-bond donors (Lipinski definition) is 2. The van der Waals surface area contributed by atoms with Crippen LogP contribution in [0, 0.1) is 10.8 Å². The molecule has 1 rings (SSSR count). The van der Waals surface area contributed by atoms with E-state index in [-0.39, 0.29) is 5.41 Å². The molecule has 0 aliphatic carbocycles. The van der Waals surface area contributed by atoms with Gasteiger partial charge < -0.3 is 10.6 Å². The van der Waals surface area contributed by atoms with Gasteiger partial charge in [-0.2, -0.15) is 0 Å². The van der Waals surface area contributed by atoms with Crippen molar-refractivity contribution in [3.63, 3.8) is 0 Å². The number of nitrogens with zero attached hydrogens (tertiary/aromatic N) is 1. The summed E-state index contributed by atoms with van der Waals surface area (Å²) in [4.78, 5) is 2.53. The predicted molar refractivity (Wildman–Crippen MR) is 65.2 cm³/mol. The van der Waals surface area contributed by atoms with Gasteiger partial charge in [0.2, 0.25) is 0 Å². The van der Waals surface area contributed by atoms with Crippen molar-refractivity contribution in [2.75, 3.05) is 19.6 Å². The summed E-state index contributed by atoms with van der Waals surface area (Å²) in [5.41, 5.74) is 5.45. The van der Waals surface area contributed by atoms with Gasteiger partial charge in [0.05, 0.1) is 5.84 Å². The van der Waals surface area contributed by atoms with Crippen LogP contribution in [0.1, 0.15) is 46.0 Å². The van der Waals surface area contributed by atoms with Crippen LogP contribution in [0.15, 0.2) is 0 Å². The molecule has 1 heterocycles. The Labute approximate surface area is 93.5 Å². The quantitative estimate of drug-likeness (QED) is 0.553. The number of rotatable bonds is 4. The third kappa shape index (κ3) is 4.20. The van der Waals surface area contributed by atoms with Crippen LogP contribution in [0.3, 0.4) is 0 Å². The second kappa shape index (κ2) is 5.50. The molecular weight excluding hydrogens is 186 g/mol. The van der Waals surface area contributed by atoms with Crippen LogP contribution < -0.4 is 5.73 Å². The number of hydrogen-bond acceptors (Lipinski definition) is 2. The van der Waals surface area contributed by atoms with Crippen molar-refractivity contribution < 1.29 is 0 Å². The summed E-state index contributed by atoms with van der Waals surface area (Å²) in [5.74, 6) is 0.317. The van der Waals surface area contributed by atoms with E-state index >= 15 is 0 Å². The van der Waals surface area contributed by atoms with Crippen molar-refractivity contribution in [3.8, 4) is 0 Å². The first-order chi connectivity index (χ1) is 7.02. The number of likely N-dealkylation sites (tertiary alicyclic amines) is 1. The Hall–Kier alpha value is -0.570. The normalized spacial score (nSPS) is 19.9. The van der Waals surface area contributed by atoms with E-state index in [0.29, 0.717) is 5.84 Å².